The van der Waals surface area contributed by atoms with Crippen molar-refractivity contribution in [2.24, 2.45) is 11.8 Å². The van der Waals surface area contributed by atoms with Crippen molar-refractivity contribution in [3.63, 3.8) is 0 Å². The van der Waals surface area contributed by atoms with Crippen molar-refractivity contribution in [3.05, 3.63) is 64.4 Å². The van der Waals surface area contributed by atoms with Crippen molar-refractivity contribution >= 4 is 11.4 Å². The molecule has 150 valence electrons. The summed E-state index contributed by atoms with van der Waals surface area (Å²) >= 11 is 0. The molecule has 29 heavy (non-hydrogen) atoms. The van der Waals surface area contributed by atoms with E-state index in [1.165, 1.54) is 0 Å². The number of rotatable bonds is 3. The maximum Gasteiger partial charge on any atom is 0.173 e. The molecule has 0 amide bonds. The molecule has 2 aromatic carbocycles. The van der Waals surface area contributed by atoms with E-state index in [2.05, 4.69) is 0 Å². The van der Waals surface area contributed by atoms with Gasteiger partial charge in [-0.25, -0.2) is 8.78 Å². The Morgan fingerprint density at radius 2 is 1.69 bits per heavy atom. The molecule has 0 unspecified atom stereocenters. The van der Waals surface area contributed by atoms with Crippen LogP contribution in [0.2, 0.25) is 0 Å². The molecule has 1 aliphatic carbocycles. The lowest BCUT2D eigenvalue weighted by Crippen LogP contribution is -2.29. The van der Waals surface area contributed by atoms with Crippen LogP contribution < -0.4 is 4.74 Å². The van der Waals surface area contributed by atoms with Gasteiger partial charge in [0.25, 0.3) is 0 Å². The van der Waals surface area contributed by atoms with Gasteiger partial charge in [0.05, 0.1) is 29.6 Å². The minimum absolute atomic E-state index is 0.0734. The molecule has 6 heteroatoms. The van der Waals surface area contributed by atoms with Gasteiger partial charge < -0.3 is 14.6 Å². The fraction of sp³-hybridized carbons (Fsp3) is 0.348. The Bertz CT molecular complexity index is 1050. The second kappa shape index (κ2) is 6.39. The Labute approximate surface area is 166 Å². The predicted octanol–water partition coefficient (Wildman–Crippen LogP) is 5.02. The van der Waals surface area contributed by atoms with Crippen molar-refractivity contribution in [2.75, 3.05) is 0 Å². The Kier molecular flexibility index (Phi) is 4.03. The number of Topliss-reactive ketones (excluding diaryl/α,β-unsaturated/α-hetero) is 1. The normalized spacial score (nSPS) is 27.7. The largest absolute Gasteiger partial charge is 0.511 e. The van der Waals surface area contributed by atoms with Crippen LogP contribution in [0, 0.1) is 37.3 Å². The second-order valence-electron chi connectivity index (χ2n) is 8.08. The standard InChI is InChI=1S/C23H20F2O4/c1-10-7-13(28-17-9-12(24)3-4-14(17)25)8-11(2)18(10)21-22(26)19-15-5-6-16(29-15)20(19)23(21)27/h3-4,7-9,15-16,19-20,26H,5-6H2,1-2H3/t15-,16+,19+,20-/m0/s1. The third kappa shape index (κ3) is 2.69. The Morgan fingerprint density at radius 3 is 2.34 bits per heavy atom. The molecule has 2 saturated heterocycles. The highest BCUT2D eigenvalue weighted by atomic mass is 19.1. The summed E-state index contributed by atoms with van der Waals surface area (Å²) < 4.78 is 38.7. The number of ketones is 1. The van der Waals surface area contributed by atoms with E-state index in [4.69, 9.17) is 9.47 Å². The monoisotopic (exact) mass is 398 g/mol. The quantitative estimate of drug-likeness (QED) is 0.789. The van der Waals surface area contributed by atoms with Gasteiger partial charge in [0.2, 0.25) is 0 Å². The van der Waals surface area contributed by atoms with E-state index in [1.54, 1.807) is 12.1 Å². The Hall–Kier alpha value is -2.73. The lowest BCUT2D eigenvalue weighted by molar-refractivity contribution is -0.118. The van der Waals surface area contributed by atoms with E-state index in [0.29, 0.717) is 16.9 Å². The molecule has 3 aliphatic rings. The zero-order valence-corrected chi connectivity index (χ0v) is 16.0. The summed E-state index contributed by atoms with van der Waals surface area (Å²) in [5.41, 5.74) is 2.48. The first-order chi connectivity index (χ1) is 13.8. The first kappa shape index (κ1) is 18.3. The second-order valence-corrected chi connectivity index (χ2v) is 8.08. The van der Waals surface area contributed by atoms with Crippen molar-refractivity contribution < 1.29 is 28.2 Å². The number of carbonyl (C=O) groups is 1. The fourth-order valence-corrected chi connectivity index (χ4v) is 5.13. The van der Waals surface area contributed by atoms with Gasteiger partial charge in [-0.2, -0.15) is 0 Å². The predicted molar refractivity (Wildman–Crippen MR) is 102 cm³/mol. The molecule has 0 aromatic heterocycles. The third-order valence-electron chi connectivity index (χ3n) is 6.27. The lowest BCUT2D eigenvalue weighted by atomic mass is 9.80. The number of benzene rings is 2. The number of fused-ring (bicyclic) bond motifs is 5. The van der Waals surface area contributed by atoms with Gasteiger partial charge in [-0.1, -0.05) is 0 Å². The van der Waals surface area contributed by atoms with Crippen LogP contribution in [0.25, 0.3) is 5.57 Å². The average Bonchev–Trinajstić information content (AvgIpc) is 3.34. The van der Waals surface area contributed by atoms with Gasteiger partial charge >= 0.3 is 0 Å². The molecule has 5 rings (SSSR count). The number of halogens is 2. The van der Waals surface area contributed by atoms with E-state index in [9.17, 15) is 18.7 Å². The van der Waals surface area contributed by atoms with Crippen LogP contribution in [0.15, 0.2) is 36.1 Å². The summed E-state index contributed by atoms with van der Waals surface area (Å²) in [6, 6.07) is 6.35. The minimum Gasteiger partial charge on any atom is -0.511 e. The third-order valence-corrected chi connectivity index (χ3v) is 6.27. The average molecular weight is 398 g/mol. The zero-order chi connectivity index (χ0) is 20.4. The van der Waals surface area contributed by atoms with Gasteiger partial charge in [-0.15, -0.1) is 0 Å². The van der Waals surface area contributed by atoms with Crippen molar-refractivity contribution in [1.29, 1.82) is 0 Å². The molecule has 4 atom stereocenters. The van der Waals surface area contributed by atoms with E-state index in [1.807, 2.05) is 13.8 Å². The smallest absolute Gasteiger partial charge is 0.173 e. The number of aryl methyl sites for hydroxylation is 2. The molecule has 0 radical (unpaired) electrons. The minimum atomic E-state index is -0.666. The van der Waals surface area contributed by atoms with E-state index in [-0.39, 0.29) is 41.3 Å². The zero-order valence-electron chi connectivity index (χ0n) is 16.0. The molecule has 2 aliphatic heterocycles. The summed E-state index contributed by atoms with van der Waals surface area (Å²) in [7, 11) is 0. The molecule has 0 saturated carbocycles. The van der Waals surface area contributed by atoms with Crippen LogP contribution in [0.5, 0.6) is 11.5 Å². The van der Waals surface area contributed by atoms with Crippen molar-refractivity contribution in [3.8, 4) is 11.5 Å². The number of hydrogen-bond donors (Lipinski definition) is 1. The maximum absolute atomic E-state index is 13.9. The molecular formula is C23H20F2O4. The SMILES string of the molecule is Cc1cc(Oc2cc(F)ccc2F)cc(C)c1C1=C(O)[C@H]2[C@@H](C1=O)[C@H]1CC[C@@H]2O1. The van der Waals surface area contributed by atoms with E-state index < -0.39 is 11.6 Å². The van der Waals surface area contributed by atoms with Crippen LogP contribution in [0.4, 0.5) is 8.78 Å². The molecule has 2 fully saturated rings. The van der Waals surface area contributed by atoms with E-state index >= 15 is 0 Å². The summed E-state index contributed by atoms with van der Waals surface area (Å²) in [6.45, 7) is 3.62. The van der Waals surface area contributed by atoms with E-state index in [0.717, 1.165) is 42.2 Å². The Morgan fingerprint density at radius 1 is 1.03 bits per heavy atom. The molecule has 0 spiro atoms. The molecule has 2 bridgehead atoms. The Balaban J connectivity index is 1.52. The molecular weight excluding hydrogens is 378 g/mol. The topological polar surface area (TPSA) is 55.8 Å². The van der Waals surface area contributed by atoms with Gasteiger partial charge in [-0.05, 0) is 67.6 Å². The van der Waals surface area contributed by atoms with Gasteiger partial charge in [0.1, 0.15) is 17.3 Å². The van der Waals surface area contributed by atoms with Crippen molar-refractivity contribution in [1.82, 2.24) is 0 Å². The highest BCUT2D eigenvalue weighted by Gasteiger charge is 2.59. The number of ether oxygens (including phenoxy) is 2. The van der Waals surface area contributed by atoms with Gasteiger partial charge in [0.15, 0.2) is 17.3 Å². The van der Waals surface area contributed by atoms with Crippen LogP contribution in [-0.4, -0.2) is 23.1 Å². The van der Waals surface area contributed by atoms with Crippen LogP contribution in [0.1, 0.15) is 29.5 Å². The number of allylic oxidation sites excluding steroid dienone is 1. The molecule has 1 N–H and O–H groups in total. The first-order valence-electron chi connectivity index (χ1n) is 9.72. The number of aliphatic hydroxyl groups is 1. The van der Waals surface area contributed by atoms with Crippen LogP contribution in [0.3, 0.4) is 0 Å². The van der Waals surface area contributed by atoms with Gasteiger partial charge in [-0.3, -0.25) is 4.79 Å². The molecule has 2 heterocycles. The van der Waals surface area contributed by atoms with Crippen LogP contribution in [-0.2, 0) is 9.53 Å². The maximum atomic E-state index is 13.9. The van der Waals surface area contributed by atoms with Crippen molar-refractivity contribution in [2.45, 2.75) is 38.9 Å². The highest BCUT2D eigenvalue weighted by Crippen LogP contribution is 2.54. The summed E-state index contributed by atoms with van der Waals surface area (Å²) in [6.07, 6.45) is 1.50. The number of hydrogen-bond acceptors (Lipinski definition) is 4. The number of aliphatic hydroxyl groups excluding tert-OH is 1. The fourth-order valence-electron chi connectivity index (χ4n) is 5.13. The highest BCUT2D eigenvalue weighted by molar-refractivity contribution is 6.26. The lowest BCUT2D eigenvalue weighted by Gasteiger charge is -2.19. The van der Waals surface area contributed by atoms with Crippen LogP contribution >= 0.6 is 0 Å². The summed E-state index contributed by atoms with van der Waals surface area (Å²) in [5, 5.41) is 10.9. The molecule has 4 nitrogen and oxygen atoms in total. The summed E-state index contributed by atoms with van der Waals surface area (Å²) in [5.74, 6) is -1.66. The summed E-state index contributed by atoms with van der Waals surface area (Å²) in [4.78, 5) is 13.1. The first-order valence-corrected chi connectivity index (χ1v) is 9.72. The molecule has 2 aromatic rings. The van der Waals surface area contributed by atoms with Gasteiger partial charge in [0, 0.05) is 6.07 Å². The number of carbonyl (C=O) groups excluding carboxylic acids is 1.